The number of methoxy groups -OCH3 is 1. The Hall–Kier alpha value is -1.65. The van der Waals surface area contributed by atoms with Crippen LogP contribution >= 0.6 is 0 Å². The fourth-order valence-electron chi connectivity index (χ4n) is 1.16. The normalized spacial score (nSPS) is 11.6. The molecule has 0 spiro atoms. The van der Waals surface area contributed by atoms with E-state index in [0.717, 1.165) is 5.69 Å². The number of rotatable bonds is 3. The van der Waals surface area contributed by atoms with Gasteiger partial charge in [0.15, 0.2) is 0 Å². The number of hydrogen-bond acceptors (Lipinski definition) is 4. The topological polar surface area (TPSA) is 57.0 Å². The van der Waals surface area contributed by atoms with Gasteiger partial charge in [0.05, 0.1) is 12.8 Å². The van der Waals surface area contributed by atoms with Crippen molar-refractivity contribution >= 4 is 12.0 Å². The molecule has 0 atom stereocenters. The quantitative estimate of drug-likeness (QED) is 0.552. The molecular formula is C10H15N3O2. The lowest BCUT2D eigenvalue weighted by Gasteiger charge is -2.00. The summed E-state index contributed by atoms with van der Waals surface area (Å²) in [6.45, 7) is 3.80. The number of carbonyl (C=O) groups is 1. The van der Waals surface area contributed by atoms with E-state index in [4.69, 9.17) is 0 Å². The number of esters is 1. The van der Waals surface area contributed by atoms with Crippen molar-refractivity contribution in [2.24, 2.45) is 7.05 Å². The van der Waals surface area contributed by atoms with Crippen LogP contribution in [-0.2, 0) is 16.6 Å². The maximum Gasteiger partial charge on any atom is 0.333 e. The second-order valence-corrected chi connectivity index (χ2v) is 3.20. The number of carbonyl (C=O) groups excluding carboxylic acids is 1. The molecule has 0 unspecified atom stereocenters. The third kappa shape index (κ3) is 2.43. The van der Waals surface area contributed by atoms with Gasteiger partial charge in [-0.1, -0.05) is 12.1 Å². The molecule has 0 aromatic carbocycles. The molecule has 0 N–H and O–H groups in total. The van der Waals surface area contributed by atoms with Crippen molar-refractivity contribution in [3.63, 3.8) is 0 Å². The van der Waals surface area contributed by atoms with Crippen LogP contribution in [0.15, 0.2) is 5.57 Å². The Bertz CT molecular complexity index is 393. The number of nitrogens with zero attached hydrogens (tertiary/aromatic N) is 3. The Morgan fingerprint density at radius 2 is 2.27 bits per heavy atom. The highest BCUT2D eigenvalue weighted by Gasteiger charge is 2.10. The molecule has 0 aliphatic heterocycles. The molecular weight excluding hydrogens is 194 g/mol. The molecule has 0 bridgehead atoms. The van der Waals surface area contributed by atoms with E-state index in [1.165, 1.54) is 7.11 Å². The first-order valence-corrected chi connectivity index (χ1v) is 4.75. The summed E-state index contributed by atoms with van der Waals surface area (Å²) >= 11 is 0. The van der Waals surface area contributed by atoms with Crippen LogP contribution in [0.5, 0.6) is 0 Å². The molecule has 15 heavy (non-hydrogen) atoms. The van der Waals surface area contributed by atoms with E-state index in [1.54, 1.807) is 10.8 Å². The van der Waals surface area contributed by atoms with Crippen molar-refractivity contribution in [1.82, 2.24) is 15.0 Å². The molecule has 0 radical (unpaired) electrons. The van der Waals surface area contributed by atoms with Crippen LogP contribution in [0, 0.1) is 6.92 Å². The number of ether oxygens (including phenoxy) is 1. The van der Waals surface area contributed by atoms with E-state index in [-0.39, 0.29) is 5.97 Å². The number of aromatic nitrogens is 3. The third-order valence-electron chi connectivity index (χ3n) is 2.28. The van der Waals surface area contributed by atoms with Gasteiger partial charge in [-0.2, -0.15) is 0 Å². The number of hydrogen-bond donors (Lipinski definition) is 0. The first kappa shape index (κ1) is 11.4. The summed E-state index contributed by atoms with van der Waals surface area (Å²) in [6, 6.07) is 0. The highest BCUT2D eigenvalue weighted by molar-refractivity contribution is 5.93. The molecule has 0 amide bonds. The molecule has 1 heterocycles. The maximum atomic E-state index is 11.3. The van der Waals surface area contributed by atoms with Crippen LogP contribution in [0.4, 0.5) is 0 Å². The van der Waals surface area contributed by atoms with Crippen molar-refractivity contribution in [2.45, 2.75) is 20.3 Å². The molecule has 5 heteroatoms. The molecule has 1 rings (SSSR count). The smallest absolute Gasteiger partial charge is 0.333 e. The first-order chi connectivity index (χ1) is 7.10. The molecule has 1 aromatic heterocycles. The van der Waals surface area contributed by atoms with Gasteiger partial charge in [-0.25, -0.2) is 4.79 Å². The second-order valence-electron chi connectivity index (χ2n) is 3.20. The van der Waals surface area contributed by atoms with Crippen LogP contribution < -0.4 is 0 Å². The molecule has 0 aliphatic rings. The monoisotopic (exact) mass is 209 g/mol. The SMILES string of the molecule is CC/C(=C\c1nnn(C)c1C)C(=O)OC. The van der Waals surface area contributed by atoms with Gasteiger partial charge in [0.2, 0.25) is 0 Å². The zero-order valence-electron chi connectivity index (χ0n) is 9.44. The highest BCUT2D eigenvalue weighted by atomic mass is 16.5. The summed E-state index contributed by atoms with van der Waals surface area (Å²) in [5.74, 6) is -0.317. The van der Waals surface area contributed by atoms with Crippen LogP contribution in [0.2, 0.25) is 0 Å². The third-order valence-corrected chi connectivity index (χ3v) is 2.28. The van der Waals surface area contributed by atoms with Crippen molar-refractivity contribution < 1.29 is 9.53 Å². The standard InChI is InChI=1S/C10H15N3O2/c1-5-8(10(14)15-4)6-9-7(2)13(3)12-11-9/h6H,5H2,1-4H3/b8-6+. The summed E-state index contributed by atoms with van der Waals surface area (Å²) in [7, 11) is 3.18. The van der Waals surface area contributed by atoms with Crippen molar-refractivity contribution in [3.05, 3.63) is 17.0 Å². The van der Waals surface area contributed by atoms with Gasteiger partial charge in [-0.3, -0.25) is 4.68 Å². The van der Waals surface area contributed by atoms with Gasteiger partial charge in [0, 0.05) is 12.6 Å². The van der Waals surface area contributed by atoms with Gasteiger partial charge in [-0.05, 0) is 19.4 Å². The summed E-state index contributed by atoms with van der Waals surface area (Å²) in [4.78, 5) is 11.3. The van der Waals surface area contributed by atoms with Gasteiger partial charge in [0.1, 0.15) is 5.69 Å². The average molecular weight is 209 g/mol. The lowest BCUT2D eigenvalue weighted by atomic mass is 10.1. The molecule has 0 aliphatic carbocycles. The highest BCUT2D eigenvalue weighted by Crippen LogP contribution is 2.11. The minimum Gasteiger partial charge on any atom is -0.466 e. The van der Waals surface area contributed by atoms with E-state index < -0.39 is 0 Å². The largest absolute Gasteiger partial charge is 0.466 e. The van der Waals surface area contributed by atoms with Crippen LogP contribution in [0.1, 0.15) is 24.7 Å². The van der Waals surface area contributed by atoms with E-state index in [1.807, 2.05) is 20.9 Å². The van der Waals surface area contributed by atoms with Gasteiger partial charge < -0.3 is 4.74 Å². The van der Waals surface area contributed by atoms with Crippen molar-refractivity contribution in [3.8, 4) is 0 Å². The predicted octanol–water partition coefficient (Wildman–Crippen LogP) is 1.09. The van der Waals surface area contributed by atoms with Crippen molar-refractivity contribution in [2.75, 3.05) is 7.11 Å². The van der Waals surface area contributed by atoms with Gasteiger partial charge >= 0.3 is 5.97 Å². The second kappa shape index (κ2) is 4.72. The van der Waals surface area contributed by atoms with Gasteiger partial charge in [-0.15, -0.1) is 5.10 Å². The van der Waals surface area contributed by atoms with E-state index in [2.05, 4.69) is 15.0 Å². The lowest BCUT2D eigenvalue weighted by Crippen LogP contribution is -2.03. The predicted molar refractivity (Wildman–Crippen MR) is 56.0 cm³/mol. The molecule has 0 saturated heterocycles. The molecule has 0 fully saturated rings. The van der Waals surface area contributed by atoms with Crippen LogP contribution in [0.25, 0.3) is 6.08 Å². The molecule has 82 valence electrons. The van der Waals surface area contributed by atoms with E-state index in [0.29, 0.717) is 17.7 Å². The number of aryl methyl sites for hydroxylation is 1. The van der Waals surface area contributed by atoms with Crippen LogP contribution in [-0.4, -0.2) is 28.1 Å². The Labute approximate surface area is 88.7 Å². The Kier molecular flexibility index (Phi) is 3.60. The Balaban J connectivity index is 3.03. The molecule has 0 saturated carbocycles. The van der Waals surface area contributed by atoms with E-state index in [9.17, 15) is 4.79 Å². The minimum atomic E-state index is -0.317. The Morgan fingerprint density at radius 3 is 2.67 bits per heavy atom. The zero-order valence-corrected chi connectivity index (χ0v) is 9.44. The molecule has 1 aromatic rings. The summed E-state index contributed by atoms with van der Waals surface area (Å²) in [5.41, 5.74) is 2.23. The fourth-order valence-corrected chi connectivity index (χ4v) is 1.16. The maximum absolute atomic E-state index is 11.3. The zero-order chi connectivity index (χ0) is 11.4. The summed E-state index contributed by atoms with van der Waals surface area (Å²) in [6.07, 6.45) is 2.33. The summed E-state index contributed by atoms with van der Waals surface area (Å²) in [5, 5.41) is 7.81. The minimum absolute atomic E-state index is 0.317. The van der Waals surface area contributed by atoms with Crippen LogP contribution in [0.3, 0.4) is 0 Å². The average Bonchev–Trinajstić information content (AvgIpc) is 2.56. The van der Waals surface area contributed by atoms with Gasteiger partial charge in [0.25, 0.3) is 0 Å². The Morgan fingerprint density at radius 1 is 1.60 bits per heavy atom. The fraction of sp³-hybridized carbons (Fsp3) is 0.500. The lowest BCUT2D eigenvalue weighted by molar-refractivity contribution is -0.136. The summed E-state index contributed by atoms with van der Waals surface area (Å²) < 4.78 is 6.32. The first-order valence-electron chi connectivity index (χ1n) is 4.75. The van der Waals surface area contributed by atoms with Crippen molar-refractivity contribution in [1.29, 1.82) is 0 Å². The molecule has 5 nitrogen and oxygen atoms in total. The van der Waals surface area contributed by atoms with E-state index >= 15 is 0 Å².